The largest absolute Gasteiger partial charge is 0.508 e. The third-order valence-corrected chi connectivity index (χ3v) is 26.8. The van der Waals surface area contributed by atoms with Gasteiger partial charge in [-0.05, 0) is 166 Å². The number of phenols is 2. The van der Waals surface area contributed by atoms with Gasteiger partial charge in [-0.3, -0.25) is 101 Å². The minimum Gasteiger partial charge on any atom is -0.508 e. The standard InChI is InChI=1S/C102H135FN20O24/c1-60(125)105-41-15-13-23-81-96(140)114-78(52-67-55-108-74-37-36-70(128)53-72(67)74)94(138)113-79(51-66-54-107-73-20-11-10-19-71(66)73)95(139)116-90(65-30-31-65)101(145)120(6)85(56-109-86(129)24-16-22-76(110-61(2)126)92(136)112-77(49-63-27-34-69(127)35-28-63)93(137)115-80(59-124)98(142)118(4)82(99(143)117(81)3)38-29-62-17-8-7-9-18-62)100(144)119(5)84(50-64-25-32-68(103)33-26-64)97(141)111-75(91(104)135)21-12-14-42-106-87(130)40-39-83(102(146)147)123-47-45-121(57-88(131)132)43-44-122(46-48-123)58-89(133)134/h7-11,17-20,25-28,32-37,53-55,65,75-85,90,107-108,124,127-128H,12-16,21-24,29-31,38-52,56-59H2,1-6H3,(H2,104,135)(H,105,125)(H,106,130)(H,109,129)(H,110,126)(H,111,141)(H,112,136)(H,113,138)(H,114,140)(H,115,137)(H,116,139)(H,131,132)(H,133,134)(H,146,147)/t75-,76-,77-,78-,79-,80-,81-,82-,83?,84-,85-,90-/m0/s1. The molecule has 3 fully saturated rings. The number of aromatic amines is 2. The SMILES string of the molecule is CC(=O)NCCCC[C@H]1C(=O)N[C@@H](Cc2c[nH]c3ccc(O)cc23)C(=O)N[C@@H](Cc2c[nH]c3ccccc23)C(=O)N[C@@H](C2CC2)C(=O)N(C)[C@H](C(=O)N(C)[C@@H](Cc2ccc(F)cc2)C(=O)N[C@@H](CCCCNC(=O)CCC(C(=O)O)N2CCN(CC(=O)O)CCN(CC(=O)O)CC2)C(N)=O)CNC(=O)CCC[C@H](NC(C)=O)C(=O)N[C@@H](Cc2ccc(O)cc2)C(=O)N[C@@H](CO)C(=O)N(C)[C@@H](CCc2ccccc2)C(=O)N1C. The maximum Gasteiger partial charge on any atom is 0.320 e. The second kappa shape index (κ2) is 55.4. The van der Waals surface area contributed by atoms with Crippen molar-refractivity contribution < 1.29 is 121 Å². The van der Waals surface area contributed by atoms with Crippen molar-refractivity contribution in [2.24, 2.45) is 11.7 Å². The summed E-state index contributed by atoms with van der Waals surface area (Å²) in [4.78, 5) is 275. The number of carboxylic acids is 3. The van der Waals surface area contributed by atoms with Crippen molar-refractivity contribution in [1.82, 2.24) is 97.4 Å². The van der Waals surface area contributed by atoms with Gasteiger partial charge in [0.1, 0.15) is 89.8 Å². The maximum absolute atomic E-state index is 16.1. The Bertz CT molecular complexity index is 5760. The Hall–Kier alpha value is -15.0. The Morgan fingerprint density at radius 3 is 1.71 bits per heavy atom. The van der Waals surface area contributed by atoms with Crippen LogP contribution in [0.5, 0.6) is 11.5 Å². The average Bonchev–Trinajstić information content (AvgIpc) is 1.67. The number of hydrogen-bond acceptors (Lipinski definition) is 24. The van der Waals surface area contributed by atoms with Gasteiger partial charge in [0.15, 0.2) is 0 Å². The summed E-state index contributed by atoms with van der Waals surface area (Å²) in [5.74, 6) is -18.7. The Morgan fingerprint density at radius 1 is 0.544 bits per heavy atom. The highest BCUT2D eigenvalue weighted by molar-refractivity contribution is 6.01. The molecule has 0 spiro atoms. The molecular weight excluding hydrogens is 1910 g/mol. The minimum absolute atomic E-state index is 0.0243. The molecule has 2 saturated heterocycles. The van der Waals surface area contributed by atoms with E-state index in [9.17, 15) is 78.2 Å². The molecule has 15 amide bonds. The Kier molecular flexibility index (Phi) is 42.9. The van der Waals surface area contributed by atoms with Crippen LogP contribution < -0.4 is 58.9 Å². The van der Waals surface area contributed by atoms with Crippen LogP contribution in [0.15, 0.2) is 134 Å². The van der Waals surface area contributed by atoms with E-state index in [2.05, 4.69) is 63.1 Å². The number of aromatic hydroxyl groups is 2. The zero-order chi connectivity index (χ0) is 107. The molecule has 0 bridgehead atoms. The molecule has 147 heavy (non-hydrogen) atoms. The number of hydrogen-bond donors (Lipinski definition) is 19. The van der Waals surface area contributed by atoms with E-state index in [1.807, 2.05) is 0 Å². The predicted molar refractivity (Wildman–Crippen MR) is 533 cm³/mol. The summed E-state index contributed by atoms with van der Waals surface area (Å²) >= 11 is 0. The van der Waals surface area contributed by atoms with Crippen molar-refractivity contribution in [3.05, 3.63) is 167 Å². The molecule has 7 aromatic rings. The van der Waals surface area contributed by atoms with E-state index in [1.54, 1.807) is 87.8 Å². The molecule has 2 aliphatic heterocycles. The lowest BCUT2D eigenvalue weighted by Crippen LogP contribution is -2.63. The highest BCUT2D eigenvalue weighted by Crippen LogP contribution is 2.35. The van der Waals surface area contributed by atoms with Crippen LogP contribution in [0, 0.1) is 11.7 Å². The van der Waals surface area contributed by atoms with Crippen LogP contribution in [0.2, 0.25) is 0 Å². The Balaban J connectivity index is 0.997. The number of rotatable bonds is 38. The van der Waals surface area contributed by atoms with Crippen molar-refractivity contribution >= 4 is 128 Å². The number of carboxylic acid groups (broad SMARTS) is 3. The summed E-state index contributed by atoms with van der Waals surface area (Å²) in [6.45, 7) is 0.702. The Morgan fingerprint density at radius 2 is 1.10 bits per heavy atom. The van der Waals surface area contributed by atoms with Gasteiger partial charge in [0, 0.05) is 174 Å². The average molecular weight is 2040 g/mol. The zero-order valence-corrected chi connectivity index (χ0v) is 83.2. The number of aliphatic carboxylic acids is 3. The number of para-hydroxylation sites is 1. The lowest BCUT2D eigenvalue weighted by Gasteiger charge is -2.36. The number of aliphatic hydroxyl groups excluding tert-OH is 1. The number of carbonyl (C=O) groups is 18. The first-order chi connectivity index (χ1) is 70.1. The van der Waals surface area contributed by atoms with Crippen LogP contribution in [0.1, 0.15) is 132 Å². The summed E-state index contributed by atoms with van der Waals surface area (Å²) in [7, 11) is 4.95. The van der Waals surface area contributed by atoms with E-state index in [4.69, 9.17) is 5.73 Å². The highest BCUT2D eigenvalue weighted by atomic mass is 19.1. The van der Waals surface area contributed by atoms with Crippen molar-refractivity contribution in [1.29, 1.82) is 0 Å². The third-order valence-electron chi connectivity index (χ3n) is 26.8. The van der Waals surface area contributed by atoms with Gasteiger partial charge in [-0.2, -0.15) is 0 Å². The van der Waals surface area contributed by atoms with Crippen LogP contribution in [0.25, 0.3) is 21.8 Å². The van der Waals surface area contributed by atoms with Crippen LogP contribution >= 0.6 is 0 Å². The zero-order valence-electron chi connectivity index (χ0n) is 83.2. The number of fused-ring (bicyclic) bond motifs is 2. The van der Waals surface area contributed by atoms with Crippen LogP contribution in [0.4, 0.5) is 4.39 Å². The van der Waals surface area contributed by atoms with Crippen molar-refractivity contribution in [2.75, 3.05) is 107 Å². The van der Waals surface area contributed by atoms with E-state index in [-0.39, 0.29) is 185 Å². The maximum atomic E-state index is 16.1. The van der Waals surface area contributed by atoms with Gasteiger partial charge < -0.3 is 119 Å². The number of halogens is 1. The first kappa shape index (κ1) is 114. The van der Waals surface area contributed by atoms with Gasteiger partial charge in [0.05, 0.1) is 19.7 Å². The van der Waals surface area contributed by atoms with Crippen molar-refractivity contribution in [2.45, 2.75) is 208 Å². The molecule has 0 radical (unpaired) electrons. The number of H-pyrrole nitrogens is 2. The first-order valence-corrected chi connectivity index (χ1v) is 49.2. The fourth-order valence-corrected chi connectivity index (χ4v) is 18.3. The molecule has 5 aromatic carbocycles. The molecule has 45 heteroatoms. The van der Waals surface area contributed by atoms with Crippen molar-refractivity contribution in [3.8, 4) is 11.5 Å². The molecule has 20 N–H and O–H groups in total. The van der Waals surface area contributed by atoms with E-state index >= 15 is 43.2 Å². The lowest BCUT2D eigenvalue weighted by molar-refractivity contribution is -0.150. The van der Waals surface area contributed by atoms with E-state index < -0.39 is 211 Å². The number of aliphatic hydroxyl groups is 1. The van der Waals surface area contributed by atoms with Gasteiger partial charge in [-0.1, -0.05) is 72.8 Å². The molecular formula is C102H135FN20O24. The van der Waals surface area contributed by atoms with Gasteiger partial charge >= 0.3 is 17.9 Å². The fraction of sp³-hybridized carbons (Fsp3) is 0.490. The van der Waals surface area contributed by atoms with E-state index in [1.165, 1.54) is 83.6 Å². The van der Waals surface area contributed by atoms with Gasteiger partial charge in [-0.25, -0.2) is 4.39 Å². The molecule has 1 aliphatic carbocycles. The number of amides is 15. The summed E-state index contributed by atoms with van der Waals surface area (Å²) in [6, 6.07) is 11.2. The number of benzene rings is 5. The fourth-order valence-electron chi connectivity index (χ4n) is 18.3. The van der Waals surface area contributed by atoms with E-state index in [0.29, 0.717) is 56.9 Å². The number of unbranched alkanes of at least 4 members (excludes halogenated alkanes) is 2. The summed E-state index contributed by atoms with van der Waals surface area (Å²) in [5, 5.41) is 90.2. The quantitative estimate of drug-likeness (QED) is 0.0225. The van der Waals surface area contributed by atoms with Gasteiger partial charge in [0.25, 0.3) is 0 Å². The molecule has 10 rings (SSSR count). The second-order valence-electron chi connectivity index (χ2n) is 37.7. The van der Waals surface area contributed by atoms with Crippen LogP contribution in [0.3, 0.4) is 0 Å². The predicted octanol–water partition coefficient (Wildman–Crippen LogP) is -0.0728. The molecule has 44 nitrogen and oxygen atoms in total. The smallest absolute Gasteiger partial charge is 0.320 e. The van der Waals surface area contributed by atoms with Crippen LogP contribution in [-0.2, 0) is 118 Å². The first-order valence-electron chi connectivity index (χ1n) is 49.2. The number of likely N-dealkylation sites (N-methyl/N-ethyl adjacent to an activating group) is 4. The second-order valence-corrected chi connectivity index (χ2v) is 37.7. The number of carbonyl (C=O) groups excluding carboxylic acids is 15. The summed E-state index contributed by atoms with van der Waals surface area (Å²) in [6.07, 6.45) is 0.957. The lowest BCUT2D eigenvalue weighted by atomic mass is 9.99. The summed E-state index contributed by atoms with van der Waals surface area (Å²) < 4.78 is 14.8. The number of aryl methyl sites for hydroxylation is 1. The molecule has 12 atom stereocenters. The van der Waals surface area contributed by atoms with E-state index in [0.717, 1.165) is 38.7 Å². The molecule has 4 heterocycles. The number of nitrogens with one attached hydrogen (secondary N) is 12. The number of primary amides is 1. The Labute approximate surface area is 848 Å². The number of aromatic nitrogens is 2. The number of nitrogens with two attached hydrogens (primary N) is 1. The monoisotopic (exact) mass is 2040 g/mol. The topological polar surface area (TPSA) is 629 Å². The minimum atomic E-state index is -1.88. The molecule has 1 saturated carbocycles. The molecule has 794 valence electrons. The normalized spacial score (nSPS) is 21.0. The van der Waals surface area contributed by atoms with Crippen LogP contribution in [-0.4, -0.2) is 361 Å². The number of phenolic OH excluding ortho intramolecular Hbond substituents is 2. The van der Waals surface area contributed by atoms with Gasteiger partial charge in [-0.15, -0.1) is 0 Å². The highest BCUT2D eigenvalue weighted by Gasteiger charge is 2.46. The molecule has 1 unspecified atom stereocenters. The molecule has 2 aromatic heterocycles. The summed E-state index contributed by atoms with van der Waals surface area (Å²) in [5.41, 5.74) is 9.22. The number of nitrogens with zero attached hydrogens (tertiary/aromatic N) is 7. The van der Waals surface area contributed by atoms with Gasteiger partial charge in [0.2, 0.25) is 88.6 Å². The third kappa shape index (κ3) is 34.3. The van der Waals surface area contributed by atoms with Crippen molar-refractivity contribution in [3.63, 3.8) is 0 Å². The molecule has 3 aliphatic rings.